The molecule has 0 aromatic heterocycles. The number of amides is 1. The molecule has 2 heterocycles. The fourth-order valence-electron chi connectivity index (χ4n) is 4.57. The van der Waals surface area contributed by atoms with Crippen LogP contribution in [0.5, 0.6) is 5.75 Å². The molecule has 34 heavy (non-hydrogen) atoms. The summed E-state index contributed by atoms with van der Waals surface area (Å²) in [6.07, 6.45) is 6.64. The van der Waals surface area contributed by atoms with Gasteiger partial charge in [0.15, 0.2) is 5.70 Å². The number of esters is 1. The Morgan fingerprint density at radius 1 is 1.21 bits per heavy atom. The van der Waals surface area contributed by atoms with Crippen LogP contribution in [0, 0.1) is 0 Å². The van der Waals surface area contributed by atoms with Gasteiger partial charge < -0.3 is 19.3 Å². The predicted molar refractivity (Wildman–Crippen MR) is 129 cm³/mol. The van der Waals surface area contributed by atoms with Gasteiger partial charge in [-0.1, -0.05) is 35.9 Å². The summed E-state index contributed by atoms with van der Waals surface area (Å²) in [6, 6.07) is 14.3. The molecular formula is C26H24ClN3O4. The van der Waals surface area contributed by atoms with E-state index in [2.05, 4.69) is 11.1 Å². The highest BCUT2D eigenvalue weighted by Crippen LogP contribution is 2.33. The van der Waals surface area contributed by atoms with Crippen LogP contribution in [-0.4, -0.2) is 53.8 Å². The third-order valence-electron chi connectivity index (χ3n) is 6.25. The molecule has 8 heteroatoms. The maximum Gasteiger partial charge on any atom is 0.365 e. The number of carbonyl (C=O) groups excluding carboxylic acids is 2. The van der Waals surface area contributed by atoms with Crippen molar-refractivity contribution in [1.29, 1.82) is 0 Å². The first-order valence-corrected chi connectivity index (χ1v) is 11.6. The number of hydrogen-bond donors (Lipinski definition) is 0. The topological polar surface area (TPSA) is 71.4 Å². The van der Waals surface area contributed by atoms with Gasteiger partial charge in [0.25, 0.3) is 5.91 Å². The highest BCUT2D eigenvalue weighted by Gasteiger charge is 2.36. The van der Waals surface area contributed by atoms with Crippen molar-refractivity contribution in [3.8, 4) is 5.75 Å². The van der Waals surface area contributed by atoms with Crippen molar-refractivity contribution in [2.24, 2.45) is 4.99 Å². The summed E-state index contributed by atoms with van der Waals surface area (Å²) in [6.45, 7) is 1.05. The fourth-order valence-corrected chi connectivity index (χ4v) is 4.78. The molecule has 1 atom stereocenters. The lowest BCUT2D eigenvalue weighted by atomic mass is 9.94. The minimum absolute atomic E-state index is 0.0747. The molecule has 3 aliphatic rings. The van der Waals surface area contributed by atoms with E-state index in [-0.39, 0.29) is 23.5 Å². The Morgan fingerprint density at radius 3 is 2.88 bits per heavy atom. The standard InChI is InChI=1S/C26H24ClN3O4/c1-33-18-8-6-7-17(15-18)24-28-21(26(32)34-24)16-29-13-14-30(23-12-5-4-11-22(23)29)25(31)19-9-2-3-10-20(19)27/h2-3,6-11,15-16,23H,4-5,12-14H2,1H3. The average Bonchev–Trinajstić information content (AvgIpc) is 3.24. The second-order valence-corrected chi connectivity index (χ2v) is 8.71. The maximum absolute atomic E-state index is 13.3. The molecule has 1 fully saturated rings. The van der Waals surface area contributed by atoms with Crippen LogP contribution in [-0.2, 0) is 9.53 Å². The smallest absolute Gasteiger partial charge is 0.365 e. The van der Waals surface area contributed by atoms with Crippen molar-refractivity contribution in [3.63, 3.8) is 0 Å². The summed E-state index contributed by atoms with van der Waals surface area (Å²) in [5.74, 6) is 0.328. The van der Waals surface area contributed by atoms with E-state index in [1.165, 1.54) is 0 Å². The number of aliphatic imine (C=N–C) groups is 1. The van der Waals surface area contributed by atoms with Gasteiger partial charge in [-0.3, -0.25) is 4.79 Å². The normalized spacial score (nSPS) is 21.1. The number of hydrogen-bond acceptors (Lipinski definition) is 6. The number of piperazine rings is 1. The van der Waals surface area contributed by atoms with Crippen LogP contribution in [0.25, 0.3) is 0 Å². The highest BCUT2D eigenvalue weighted by molar-refractivity contribution is 6.33. The lowest BCUT2D eigenvalue weighted by Gasteiger charge is -2.45. The largest absolute Gasteiger partial charge is 0.497 e. The summed E-state index contributed by atoms with van der Waals surface area (Å²) in [4.78, 5) is 34.2. The molecule has 2 aromatic rings. The first kappa shape index (κ1) is 22.2. The van der Waals surface area contributed by atoms with Gasteiger partial charge in [0, 0.05) is 30.5 Å². The van der Waals surface area contributed by atoms with Crippen LogP contribution < -0.4 is 4.74 Å². The van der Waals surface area contributed by atoms with Crippen molar-refractivity contribution >= 4 is 29.4 Å². The summed E-state index contributed by atoms with van der Waals surface area (Å²) in [5.41, 5.74) is 2.41. The molecule has 1 saturated heterocycles. The Balaban J connectivity index is 1.41. The van der Waals surface area contributed by atoms with E-state index in [1.807, 2.05) is 40.1 Å². The number of allylic oxidation sites excluding steroid dienone is 1. The molecule has 0 radical (unpaired) electrons. The van der Waals surface area contributed by atoms with E-state index in [4.69, 9.17) is 21.1 Å². The van der Waals surface area contributed by atoms with Crippen molar-refractivity contribution < 1.29 is 19.1 Å². The van der Waals surface area contributed by atoms with Crippen LogP contribution in [0.2, 0.25) is 5.02 Å². The number of carbonyl (C=O) groups is 2. The summed E-state index contributed by atoms with van der Waals surface area (Å²) in [5, 5.41) is 0.450. The third-order valence-corrected chi connectivity index (χ3v) is 6.58. The quantitative estimate of drug-likeness (QED) is 0.482. The van der Waals surface area contributed by atoms with Gasteiger partial charge in [0.1, 0.15) is 5.75 Å². The third kappa shape index (κ3) is 4.19. The summed E-state index contributed by atoms with van der Waals surface area (Å²) >= 11 is 6.30. The Labute approximate surface area is 202 Å². The number of benzene rings is 2. The number of methoxy groups -OCH3 is 1. The van der Waals surface area contributed by atoms with Gasteiger partial charge in [0.05, 0.1) is 23.7 Å². The first-order valence-electron chi connectivity index (χ1n) is 11.2. The zero-order valence-corrected chi connectivity index (χ0v) is 19.5. The zero-order valence-electron chi connectivity index (χ0n) is 18.7. The Morgan fingerprint density at radius 2 is 2.06 bits per heavy atom. The van der Waals surface area contributed by atoms with Crippen LogP contribution in [0.3, 0.4) is 0 Å². The predicted octanol–water partition coefficient (Wildman–Crippen LogP) is 4.39. The number of ether oxygens (including phenoxy) is 2. The molecule has 5 rings (SSSR count). The van der Waals surface area contributed by atoms with E-state index >= 15 is 0 Å². The average molecular weight is 478 g/mol. The van der Waals surface area contributed by atoms with Gasteiger partial charge in [0.2, 0.25) is 5.90 Å². The number of fused-ring (bicyclic) bond motifs is 1. The summed E-state index contributed by atoms with van der Waals surface area (Å²) in [7, 11) is 1.58. The lowest BCUT2D eigenvalue weighted by Crippen LogP contribution is -2.53. The van der Waals surface area contributed by atoms with Crippen molar-refractivity contribution in [1.82, 2.24) is 9.80 Å². The van der Waals surface area contributed by atoms with Crippen LogP contribution in [0.4, 0.5) is 0 Å². The van der Waals surface area contributed by atoms with Gasteiger partial charge in [-0.25, -0.2) is 9.79 Å². The molecule has 1 amide bonds. The van der Waals surface area contributed by atoms with Crippen LogP contribution >= 0.6 is 11.6 Å². The SMILES string of the molecule is COc1cccc(C2=NC(=CN3CCN(C(=O)c4ccccc4Cl)C4CCCC=C43)C(=O)O2)c1. The van der Waals surface area contributed by atoms with Gasteiger partial charge in [-0.05, 0) is 49.6 Å². The molecular weight excluding hydrogens is 454 g/mol. The Bertz CT molecular complexity index is 1240. The number of rotatable bonds is 4. The molecule has 7 nitrogen and oxygen atoms in total. The minimum Gasteiger partial charge on any atom is -0.497 e. The molecule has 1 aliphatic carbocycles. The minimum atomic E-state index is -0.500. The van der Waals surface area contributed by atoms with Crippen molar-refractivity contribution in [2.45, 2.75) is 25.3 Å². The molecule has 0 saturated carbocycles. The number of cyclic esters (lactones) is 1. The highest BCUT2D eigenvalue weighted by atomic mass is 35.5. The molecule has 2 aliphatic heterocycles. The van der Waals surface area contributed by atoms with E-state index in [0.29, 0.717) is 35.0 Å². The molecule has 0 bridgehead atoms. The molecule has 0 N–H and O–H groups in total. The van der Waals surface area contributed by atoms with Gasteiger partial charge in [-0.2, -0.15) is 0 Å². The second-order valence-electron chi connectivity index (χ2n) is 8.30. The molecule has 2 aromatic carbocycles. The van der Waals surface area contributed by atoms with E-state index in [0.717, 1.165) is 25.0 Å². The molecule has 1 unspecified atom stereocenters. The maximum atomic E-state index is 13.3. The zero-order chi connectivity index (χ0) is 23.7. The van der Waals surface area contributed by atoms with E-state index < -0.39 is 5.97 Å². The van der Waals surface area contributed by atoms with Gasteiger partial charge in [-0.15, -0.1) is 0 Å². The van der Waals surface area contributed by atoms with Crippen molar-refractivity contribution in [3.05, 3.63) is 88.4 Å². The lowest BCUT2D eigenvalue weighted by molar-refractivity contribution is -0.130. The Hall–Kier alpha value is -3.58. The second kappa shape index (κ2) is 9.35. The van der Waals surface area contributed by atoms with Crippen LogP contribution in [0.1, 0.15) is 35.2 Å². The van der Waals surface area contributed by atoms with Crippen molar-refractivity contribution in [2.75, 3.05) is 20.2 Å². The fraction of sp³-hybridized carbons (Fsp3) is 0.269. The summed E-state index contributed by atoms with van der Waals surface area (Å²) < 4.78 is 10.7. The number of nitrogens with zero attached hydrogens (tertiary/aromatic N) is 3. The molecule has 174 valence electrons. The monoisotopic (exact) mass is 477 g/mol. The van der Waals surface area contributed by atoms with Crippen LogP contribution in [0.15, 0.2) is 77.2 Å². The first-order chi connectivity index (χ1) is 16.5. The molecule has 0 spiro atoms. The van der Waals surface area contributed by atoms with Gasteiger partial charge >= 0.3 is 5.97 Å². The van der Waals surface area contributed by atoms with E-state index in [9.17, 15) is 9.59 Å². The Kier molecular flexibility index (Phi) is 6.11. The van der Waals surface area contributed by atoms with E-state index in [1.54, 1.807) is 31.5 Å². The number of halogens is 1.